The zero-order chi connectivity index (χ0) is 16.0. The van der Waals surface area contributed by atoms with Crippen LogP contribution >= 0.6 is 0 Å². The fraction of sp³-hybridized carbons (Fsp3) is 0.250. The molecule has 0 fully saturated rings. The largest absolute Gasteiger partial charge is 0.454 e. The van der Waals surface area contributed by atoms with Crippen molar-refractivity contribution >= 4 is 16.9 Å². The SMILES string of the molecule is CCCn1c(=O)n(-c2ccc3c(c2)OCO3)c2ncc(N)cc21. The zero-order valence-electron chi connectivity index (χ0n) is 12.7. The van der Waals surface area contributed by atoms with Crippen molar-refractivity contribution in [3.63, 3.8) is 0 Å². The molecule has 0 saturated heterocycles. The Bertz CT molecular complexity index is 958. The number of rotatable bonds is 3. The minimum absolute atomic E-state index is 0.140. The van der Waals surface area contributed by atoms with Crippen molar-refractivity contribution in [1.29, 1.82) is 0 Å². The molecule has 1 aliphatic heterocycles. The number of pyridine rings is 1. The molecule has 23 heavy (non-hydrogen) atoms. The minimum atomic E-state index is -0.140. The van der Waals surface area contributed by atoms with Gasteiger partial charge in [-0.15, -0.1) is 0 Å². The molecule has 0 amide bonds. The first-order valence-corrected chi connectivity index (χ1v) is 7.46. The second-order valence-corrected chi connectivity index (χ2v) is 5.42. The van der Waals surface area contributed by atoms with Gasteiger partial charge in [0.05, 0.1) is 23.1 Å². The summed E-state index contributed by atoms with van der Waals surface area (Å²) in [4.78, 5) is 17.2. The smallest absolute Gasteiger partial charge is 0.334 e. The molecule has 3 aromatic rings. The molecule has 118 valence electrons. The van der Waals surface area contributed by atoms with Crippen LogP contribution in [0.25, 0.3) is 16.9 Å². The fourth-order valence-corrected chi connectivity index (χ4v) is 2.84. The third kappa shape index (κ3) is 2.04. The number of imidazole rings is 1. The molecule has 1 aliphatic rings. The van der Waals surface area contributed by atoms with Gasteiger partial charge < -0.3 is 15.2 Å². The highest BCUT2D eigenvalue weighted by Crippen LogP contribution is 2.34. The van der Waals surface area contributed by atoms with Gasteiger partial charge in [0, 0.05) is 12.6 Å². The highest BCUT2D eigenvalue weighted by Gasteiger charge is 2.19. The van der Waals surface area contributed by atoms with Gasteiger partial charge in [-0.25, -0.2) is 14.3 Å². The maximum atomic E-state index is 12.9. The van der Waals surface area contributed by atoms with Gasteiger partial charge in [0.1, 0.15) is 0 Å². The summed E-state index contributed by atoms with van der Waals surface area (Å²) in [5.41, 5.74) is 8.23. The number of nitrogens with zero attached hydrogens (tertiary/aromatic N) is 3. The van der Waals surface area contributed by atoms with E-state index in [1.54, 1.807) is 33.5 Å². The molecule has 0 unspecified atom stereocenters. The third-order valence-corrected chi connectivity index (χ3v) is 3.85. The van der Waals surface area contributed by atoms with E-state index in [9.17, 15) is 4.79 Å². The Morgan fingerprint density at radius 3 is 2.91 bits per heavy atom. The molecule has 3 heterocycles. The standard InChI is InChI=1S/C16H16N4O3/c1-2-5-19-12-6-10(17)8-18-15(12)20(16(19)21)11-3-4-13-14(7-11)23-9-22-13/h3-4,6-8H,2,5,9,17H2,1H3. The van der Waals surface area contributed by atoms with Gasteiger partial charge in [0.15, 0.2) is 17.1 Å². The van der Waals surface area contributed by atoms with E-state index in [2.05, 4.69) is 4.98 Å². The van der Waals surface area contributed by atoms with Crippen LogP contribution in [0.5, 0.6) is 11.5 Å². The highest BCUT2D eigenvalue weighted by molar-refractivity contribution is 5.77. The van der Waals surface area contributed by atoms with Gasteiger partial charge in [-0.1, -0.05) is 6.92 Å². The van der Waals surface area contributed by atoms with E-state index in [1.807, 2.05) is 13.0 Å². The first-order valence-electron chi connectivity index (χ1n) is 7.46. The normalized spacial score (nSPS) is 12.9. The van der Waals surface area contributed by atoms with Gasteiger partial charge in [0.2, 0.25) is 6.79 Å². The first kappa shape index (κ1) is 13.7. The monoisotopic (exact) mass is 312 g/mol. The minimum Gasteiger partial charge on any atom is -0.454 e. The number of nitrogen functional groups attached to an aromatic ring is 1. The number of anilines is 1. The molecule has 0 bridgehead atoms. The molecule has 7 nitrogen and oxygen atoms in total. The number of benzene rings is 1. The Balaban J connectivity index is 2.00. The summed E-state index contributed by atoms with van der Waals surface area (Å²) < 4.78 is 14.0. The topological polar surface area (TPSA) is 84.3 Å². The lowest BCUT2D eigenvalue weighted by Gasteiger charge is -2.04. The van der Waals surface area contributed by atoms with E-state index in [0.29, 0.717) is 35.1 Å². The predicted molar refractivity (Wildman–Crippen MR) is 86.2 cm³/mol. The van der Waals surface area contributed by atoms with Crippen molar-refractivity contribution in [1.82, 2.24) is 14.1 Å². The van der Waals surface area contributed by atoms with E-state index >= 15 is 0 Å². The molecule has 1 aromatic carbocycles. The molecule has 0 saturated carbocycles. The zero-order valence-corrected chi connectivity index (χ0v) is 12.7. The Morgan fingerprint density at radius 1 is 1.26 bits per heavy atom. The molecule has 2 aromatic heterocycles. The number of ether oxygens (including phenoxy) is 2. The maximum absolute atomic E-state index is 12.9. The summed E-state index contributed by atoms with van der Waals surface area (Å²) in [5, 5.41) is 0. The van der Waals surface area contributed by atoms with E-state index in [0.717, 1.165) is 11.9 Å². The van der Waals surface area contributed by atoms with Crippen LogP contribution in [0.2, 0.25) is 0 Å². The molecular formula is C16H16N4O3. The van der Waals surface area contributed by atoms with Crippen molar-refractivity contribution in [3.8, 4) is 17.2 Å². The average molecular weight is 312 g/mol. The number of fused-ring (bicyclic) bond motifs is 2. The van der Waals surface area contributed by atoms with Crippen molar-refractivity contribution in [2.24, 2.45) is 0 Å². The lowest BCUT2D eigenvalue weighted by Crippen LogP contribution is -2.23. The van der Waals surface area contributed by atoms with Gasteiger partial charge >= 0.3 is 5.69 Å². The molecule has 0 aliphatic carbocycles. The van der Waals surface area contributed by atoms with Crippen molar-refractivity contribution in [2.75, 3.05) is 12.5 Å². The van der Waals surface area contributed by atoms with Crippen LogP contribution in [-0.2, 0) is 6.54 Å². The van der Waals surface area contributed by atoms with E-state index in [-0.39, 0.29) is 12.5 Å². The van der Waals surface area contributed by atoms with Crippen LogP contribution in [-0.4, -0.2) is 20.9 Å². The van der Waals surface area contributed by atoms with Crippen molar-refractivity contribution < 1.29 is 9.47 Å². The predicted octanol–water partition coefficient (Wildman–Crippen LogP) is 1.91. The summed E-state index contributed by atoms with van der Waals surface area (Å²) in [6.07, 6.45) is 2.40. The van der Waals surface area contributed by atoms with Gasteiger partial charge in [0.25, 0.3) is 0 Å². The second kappa shape index (κ2) is 5.05. The Morgan fingerprint density at radius 2 is 2.09 bits per heavy atom. The van der Waals surface area contributed by atoms with Crippen LogP contribution in [0.4, 0.5) is 5.69 Å². The Labute approximate surface area is 131 Å². The molecule has 4 rings (SSSR count). The summed E-state index contributed by atoms with van der Waals surface area (Å²) in [5.74, 6) is 1.30. The molecule has 0 spiro atoms. The fourth-order valence-electron chi connectivity index (χ4n) is 2.84. The van der Waals surface area contributed by atoms with E-state index in [4.69, 9.17) is 15.2 Å². The van der Waals surface area contributed by atoms with Crippen LogP contribution in [0.1, 0.15) is 13.3 Å². The van der Waals surface area contributed by atoms with E-state index < -0.39 is 0 Å². The maximum Gasteiger partial charge on any atom is 0.334 e. The number of hydrogen-bond acceptors (Lipinski definition) is 5. The summed E-state index contributed by atoms with van der Waals surface area (Å²) in [6, 6.07) is 7.19. The number of aromatic nitrogens is 3. The number of nitrogens with two attached hydrogens (primary N) is 1. The van der Waals surface area contributed by atoms with Gasteiger partial charge in [-0.3, -0.25) is 4.57 Å². The van der Waals surface area contributed by atoms with Crippen molar-refractivity contribution in [3.05, 3.63) is 40.9 Å². The first-order chi connectivity index (χ1) is 11.2. The lowest BCUT2D eigenvalue weighted by atomic mass is 10.2. The third-order valence-electron chi connectivity index (χ3n) is 3.85. The second-order valence-electron chi connectivity index (χ2n) is 5.42. The number of aryl methyl sites for hydroxylation is 1. The number of hydrogen-bond donors (Lipinski definition) is 1. The van der Waals surface area contributed by atoms with Gasteiger partial charge in [-0.2, -0.15) is 0 Å². The van der Waals surface area contributed by atoms with Crippen LogP contribution in [0.3, 0.4) is 0 Å². The van der Waals surface area contributed by atoms with Crippen LogP contribution < -0.4 is 20.9 Å². The quantitative estimate of drug-likeness (QED) is 0.798. The van der Waals surface area contributed by atoms with Gasteiger partial charge in [-0.05, 0) is 24.6 Å². The highest BCUT2D eigenvalue weighted by atomic mass is 16.7. The van der Waals surface area contributed by atoms with Crippen molar-refractivity contribution in [2.45, 2.75) is 19.9 Å². The van der Waals surface area contributed by atoms with E-state index in [1.165, 1.54) is 0 Å². The average Bonchev–Trinajstić information content (AvgIpc) is 3.11. The summed E-state index contributed by atoms with van der Waals surface area (Å²) in [7, 11) is 0. The molecule has 0 radical (unpaired) electrons. The molecule has 0 atom stereocenters. The molecular weight excluding hydrogens is 296 g/mol. The van der Waals surface area contributed by atoms with Crippen LogP contribution in [0.15, 0.2) is 35.3 Å². The summed E-state index contributed by atoms with van der Waals surface area (Å²) >= 11 is 0. The molecule has 7 heteroatoms. The Hall–Kier alpha value is -2.96. The summed E-state index contributed by atoms with van der Waals surface area (Å²) in [6.45, 7) is 2.83. The molecule has 2 N–H and O–H groups in total. The Kier molecular flexibility index (Phi) is 3.00. The van der Waals surface area contributed by atoms with Crippen LogP contribution in [0, 0.1) is 0 Å². The lowest BCUT2D eigenvalue weighted by molar-refractivity contribution is 0.174.